The van der Waals surface area contributed by atoms with Gasteiger partial charge in [-0.15, -0.1) is 0 Å². The van der Waals surface area contributed by atoms with Crippen molar-refractivity contribution in [1.82, 2.24) is 10.2 Å². The molecule has 2 amide bonds. The average Bonchev–Trinajstić information content (AvgIpc) is 3.00. The molecule has 0 aromatic carbocycles. The van der Waals surface area contributed by atoms with Gasteiger partial charge in [-0.1, -0.05) is 0 Å². The fourth-order valence-electron chi connectivity index (χ4n) is 2.36. The van der Waals surface area contributed by atoms with Crippen molar-refractivity contribution >= 4 is 11.8 Å². The Balaban J connectivity index is 1.74. The predicted molar refractivity (Wildman–Crippen MR) is 76.4 cm³/mol. The molecule has 0 bridgehead atoms. The lowest BCUT2D eigenvalue weighted by Gasteiger charge is -2.23. The highest BCUT2D eigenvalue weighted by atomic mass is 16.5. The molecule has 1 aliphatic rings. The molecule has 21 heavy (non-hydrogen) atoms. The van der Waals surface area contributed by atoms with E-state index in [-0.39, 0.29) is 17.7 Å². The maximum absolute atomic E-state index is 12.0. The Bertz CT molecular complexity index is 452. The molecule has 0 saturated carbocycles. The van der Waals surface area contributed by atoms with Crippen molar-refractivity contribution in [2.75, 3.05) is 26.3 Å². The summed E-state index contributed by atoms with van der Waals surface area (Å²) in [5.41, 5.74) is 0. The number of carbonyl (C=O) groups excluding carboxylic acids is 2. The number of hydrogen-bond acceptors (Lipinski definition) is 4. The summed E-state index contributed by atoms with van der Waals surface area (Å²) in [6.07, 6.45) is 3.13. The quantitative estimate of drug-likeness (QED) is 0.855. The van der Waals surface area contributed by atoms with E-state index in [4.69, 9.17) is 9.15 Å². The maximum Gasteiger partial charge on any atom is 0.223 e. The van der Waals surface area contributed by atoms with Gasteiger partial charge in [-0.3, -0.25) is 9.59 Å². The van der Waals surface area contributed by atoms with Gasteiger partial charge in [0.15, 0.2) is 0 Å². The lowest BCUT2D eigenvalue weighted by Crippen LogP contribution is -2.40. The van der Waals surface area contributed by atoms with Crippen LogP contribution in [0.25, 0.3) is 0 Å². The number of carbonyl (C=O) groups is 2. The molecule has 1 saturated heterocycles. The molecule has 1 aromatic rings. The van der Waals surface area contributed by atoms with Gasteiger partial charge in [0.2, 0.25) is 11.8 Å². The molecule has 116 valence electrons. The first-order valence-corrected chi connectivity index (χ1v) is 7.30. The van der Waals surface area contributed by atoms with Crippen LogP contribution in [-0.2, 0) is 20.9 Å². The minimum atomic E-state index is -0.0354. The summed E-state index contributed by atoms with van der Waals surface area (Å²) in [5, 5.41) is 2.90. The van der Waals surface area contributed by atoms with E-state index in [0.29, 0.717) is 32.8 Å². The van der Waals surface area contributed by atoms with Crippen LogP contribution in [0.1, 0.15) is 25.5 Å². The first-order chi connectivity index (χ1) is 10.2. The third-order valence-corrected chi connectivity index (χ3v) is 3.65. The molecule has 6 nitrogen and oxygen atoms in total. The minimum absolute atomic E-state index is 0.0354. The molecular weight excluding hydrogens is 272 g/mol. The number of rotatable bonds is 6. The Labute approximate surface area is 124 Å². The molecule has 1 aliphatic heterocycles. The fraction of sp³-hybridized carbons (Fsp3) is 0.600. The number of nitrogens with one attached hydrogen (secondary N) is 1. The zero-order chi connectivity index (χ0) is 15.1. The molecule has 2 heterocycles. The van der Waals surface area contributed by atoms with Crippen molar-refractivity contribution in [3.05, 3.63) is 24.2 Å². The SMILES string of the molecule is CC(=O)N(CCNC(=O)C1CCOCC1)Cc1ccco1. The third kappa shape index (κ3) is 4.90. The zero-order valence-corrected chi connectivity index (χ0v) is 12.3. The summed E-state index contributed by atoms with van der Waals surface area (Å²) in [6, 6.07) is 3.62. The van der Waals surface area contributed by atoms with Crippen molar-refractivity contribution in [3.8, 4) is 0 Å². The van der Waals surface area contributed by atoms with Gasteiger partial charge < -0.3 is 19.4 Å². The van der Waals surface area contributed by atoms with Gasteiger partial charge in [0.25, 0.3) is 0 Å². The normalized spacial score (nSPS) is 15.7. The molecule has 1 N–H and O–H groups in total. The second-order valence-corrected chi connectivity index (χ2v) is 5.20. The summed E-state index contributed by atoms with van der Waals surface area (Å²) in [7, 11) is 0. The van der Waals surface area contributed by atoms with E-state index in [9.17, 15) is 9.59 Å². The van der Waals surface area contributed by atoms with E-state index >= 15 is 0 Å². The van der Waals surface area contributed by atoms with Gasteiger partial charge in [-0.05, 0) is 25.0 Å². The van der Waals surface area contributed by atoms with Crippen LogP contribution >= 0.6 is 0 Å². The van der Waals surface area contributed by atoms with Crippen molar-refractivity contribution in [2.45, 2.75) is 26.3 Å². The predicted octanol–water partition coefficient (Wildman–Crippen LogP) is 1.17. The Morgan fingerprint density at radius 1 is 1.38 bits per heavy atom. The summed E-state index contributed by atoms with van der Waals surface area (Å²) < 4.78 is 10.5. The van der Waals surface area contributed by atoms with Crippen molar-refractivity contribution in [3.63, 3.8) is 0 Å². The first-order valence-electron chi connectivity index (χ1n) is 7.30. The van der Waals surface area contributed by atoms with E-state index < -0.39 is 0 Å². The Morgan fingerprint density at radius 3 is 2.76 bits per heavy atom. The molecule has 0 spiro atoms. The van der Waals surface area contributed by atoms with E-state index in [1.165, 1.54) is 6.92 Å². The number of ether oxygens (including phenoxy) is 1. The highest BCUT2D eigenvalue weighted by Crippen LogP contribution is 2.14. The number of amides is 2. The number of furan rings is 1. The average molecular weight is 294 g/mol. The topological polar surface area (TPSA) is 71.8 Å². The molecule has 6 heteroatoms. The highest BCUT2D eigenvalue weighted by Gasteiger charge is 2.21. The minimum Gasteiger partial charge on any atom is -0.467 e. The fourth-order valence-corrected chi connectivity index (χ4v) is 2.36. The van der Waals surface area contributed by atoms with Crippen LogP contribution in [0.4, 0.5) is 0 Å². The zero-order valence-electron chi connectivity index (χ0n) is 12.3. The van der Waals surface area contributed by atoms with Crippen LogP contribution in [0.15, 0.2) is 22.8 Å². The van der Waals surface area contributed by atoms with Gasteiger partial charge in [-0.25, -0.2) is 0 Å². The molecule has 0 atom stereocenters. The van der Waals surface area contributed by atoms with E-state index in [0.717, 1.165) is 18.6 Å². The molecule has 0 aliphatic carbocycles. The maximum atomic E-state index is 12.0. The van der Waals surface area contributed by atoms with Crippen LogP contribution in [0.3, 0.4) is 0 Å². The molecule has 0 radical (unpaired) electrons. The van der Waals surface area contributed by atoms with Crippen LogP contribution < -0.4 is 5.32 Å². The smallest absolute Gasteiger partial charge is 0.223 e. The second kappa shape index (κ2) is 7.83. The van der Waals surface area contributed by atoms with Crippen LogP contribution in [0.2, 0.25) is 0 Å². The van der Waals surface area contributed by atoms with E-state index in [1.807, 2.05) is 6.07 Å². The van der Waals surface area contributed by atoms with Crippen molar-refractivity contribution in [1.29, 1.82) is 0 Å². The van der Waals surface area contributed by atoms with Crippen molar-refractivity contribution < 1.29 is 18.7 Å². The van der Waals surface area contributed by atoms with Gasteiger partial charge in [0, 0.05) is 39.1 Å². The lowest BCUT2D eigenvalue weighted by atomic mass is 9.99. The standard InChI is InChI=1S/C15H22N2O4/c1-12(18)17(11-14-3-2-8-21-14)7-6-16-15(19)13-4-9-20-10-5-13/h2-3,8,13H,4-7,9-11H2,1H3,(H,16,19). The van der Waals surface area contributed by atoms with Crippen LogP contribution in [0, 0.1) is 5.92 Å². The molecule has 0 unspecified atom stereocenters. The summed E-state index contributed by atoms with van der Waals surface area (Å²) >= 11 is 0. The molecule has 1 fully saturated rings. The Kier molecular flexibility index (Phi) is 5.80. The summed E-state index contributed by atoms with van der Waals surface area (Å²) in [6.45, 7) is 4.17. The number of hydrogen-bond donors (Lipinski definition) is 1. The summed E-state index contributed by atoms with van der Waals surface area (Å²) in [5.74, 6) is 0.794. The van der Waals surface area contributed by atoms with Gasteiger partial charge in [-0.2, -0.15) is 0 Å². The second-order valence-electron chi connectivity index (χ2n) is 5.20. The van der Waals surface area contributed by atoms with Gasteiger partial charge >= 0.3 is 0 Å². The first kappa shape index (κ1) is 15.6. The van der Waals surface area contributed by atoms with E-state index in [2.05, 4.69) is 5.32 Å². The summed E-state index contributed by atoms with van der Waals surface area (Å²) in [4.78, 5) is 25.2. The lowest BCUT2D eigenvalue weighted by molar-refractivity contribution is -0.131. The molecule has 2 rings (SSSR count). The molecular formula is C15H22N2O4. The van der Waals surface area contributed by atoms with Crippen LogP contribution in [0.5, 0.6) is 0 Å². The van der Waals surface area contributed by atoms with Gasteiger partial charge in [0.05, 0.1) is 12.8 Å². The van der Waals surface area contributed by atoms with E-state index in [1.54, 1.807) is 17.2 Å². The largest absolute Gasteiger partial charge is 0.467 e. The molecule has 1 aromatic heterocycles. The Hall–Kier alpha value is -1.82. The third-order valence-electron chi connectivity index (χ3n) is 3.65. The monoisotopic (exact) mass is 294 g/mol. The van der Waals surface area contributed by atoms with Gasteiger partial charge in [0.1, 0.15) is 5.76 Å². The van der Waals surface area contributed by atoms with Crippen LogP contribution in [-0.4, -0.2) is 43.0 Å². The Morgan fingerprint density at radius 2 is 2.14 bits per heavy atom. The number of nitrogens with zero attached hydrogens (tertiary/aromatic N) is 1. The highest BCUT2D eigenvalue weighted by molar-refractivity contribution is 5.78. The van der Waals surface area contributed by atoms with Crippen molar-refractivity contribution in [2.24, 2.45) is 5.92 Å².